The molecule has 0 radical (unpaired) electrons. The van der Waals surface area contributed by atoms with Crippen LogP contribution in [0.15, 0.2) is 15.0 Å². The Hall–Kier alpha value is -1.48. The van der Waals surface area contributed by atoms with Crippen LogP contribution in [0.1, 0.15) is 6.92 Å². The van der Waals surface area contributed by atoms with Gasteiger partial charge in [0, 0.05) is 20.6 Å². The highest BCUT2D eigenvalue weighted by molar-refractivity contribution is 8.00. The average Bonchev–Trinajstić information content (AvgIpc) is 2.82. The van der Waals surface area contributed by atoms with Gasteiger partial charge in [-0.3, -0.25) is 0 Å². The van der Waals surface area contributed by atoms with Crippen molar-refractivity contribution in [3.8, 4) is 0 Å². The maximum Gasteiger partial charge on any atom is 0.230 e. The van der Waals surface area contributed by atoms with Gasteiger partial charge in [0.2, 0.25) is 17.1 Å². The van der Waals surface area contributed by atoms with Crippen LogP contribution in [0.25, 0.3) is 0 Å². The molecular weight excluding hydrogens is 270 g/mol. The van der Waals surface area contributed by atoms with Gasteiger partial charge in [-0.05, 0) is 18.7 Å². The number of hydrogen-bond donors (Lipinski definition) is 1. The fourth-order valence-electron chi connectivity index (χ4n) is 1.11. The van der Waals surface area contributed by atoms with Crippen LogP contribution in [0.3, 0.4) is 0 Å². The van der Waals surface area contributed by atoms with Crippen LogP contribution < -0.4 is 10.2 Å². The molecule has 0 unspecified atom stereocenters. The van der Waals surface area contributed by atoms with E-state index in [1.807, 2.05) is 25.9 Å². The smallest absolute Gasteiger partial charge is 0.230 e. The SMILES string of the molecule is CCNc1nc(Sc2nncs2)nc(N(C)C)n1. The van der Waals surface area contributed by atoms with E-state index in [-0.39, 0.29) is 0 Å². The van der Waals surface area contributed by atoms with Gasteiger partial charge >= 0.3 is 0 Å². The molecule has 96 valence electrons. The molecule has 0 bridgehead atoms. The molecule has 0 aromatic carbocycles. The topological polar surface area (TPSA) is 79.7 Å². The summed E-state index contributed by atoms with van der Waals surface area (Å²) in [4.78, 5) is 14.8. The van der Waals surface area contributed by atoms with Gasteiger partial charge in [-0.1, -0.05) is 11.3 Å². The molecule has 0 spiro atoms. The summed E-state index contributed by atoms with van der Waals surface area (Å²) in [5.41, 5.74) is 1.68. The summed E-state index contributed by atoms with van der Waals surface area (Å²) in [5, 5.41) is 11.4. The molecular formula is C9H13N7S2. The number of aromatic nitrogens is 5. The predicted molar refractivity (Wildman–Crippen MR) is 72.3 cm³/mol. The van der Waals surface area contributed by atoms with Crippen LogP contribution in [0.4, 0.5) is 11.9 Å². The Bertz CT molecular complexity index is 500. The van der Waals surface area contributed by atoms with Crippen molar-refractivity contribution in [2.45, 2.75) is 16.4 Å². The third-order valence-corrected chi connectivity index (χ3v) is 3.50. The highest BCUT2D eigenvalue weighted by Crippen LogP contribution is 2.26. The molecule has 0 saturated heterocycles. The standard InChI is InChI=1S/C9H13N7S2/c1-4-10-6-12-7(16(2)3)14-8(13-6)18-9-15-11-5-17-9/h5H,4H2,1-3H3,(H,10,12,13,14). The maximum atomic E-state index is 4.36. The minimum absolute atomic E-state index is 0.572. The normalized spacial score (nSPS) is 10.4. The van der Waals surface area contributed by atoms with Crippen LogP contribution >= 0.6 is 23.1 Å². The monoisotopic (exact) mass is 283 g/mol. The van der Waals surface area contributed by atoms with E-state index in [9.17, 15) is 0 Å². The summed E-state index contributed by atoms with van der Waals surface area (Å²) in [7, 11) is 3.79. The van der Waals surface area contributed by atoms with Crippen LogP contribution in [-0.2, 0) is 0 Å². The first kappa shape index (κ1) is 13.0. The number of nitrogens with one attached hydrogen (secondary N) is 1. The fraction of sp³-hybridized carbons (Fsp3) is 0.444. The molecule has 9 heteroatoms. The predicted octanol–water partition coefficient (Wildman–Crippen LogP) is 1.37. The van der Waals surface area contributed by atoms with E-state index >= 15 is 0 Å². The molecule has 0 aliphatic heterocycles. The van der Waals surface area contributed by atoms with Crippen molar-refractivity contribution in [2.75, 3.05) is 30.9 Å². The van der Waals surface area contributed by atoms with Gasteiger partial charge in [-0.15, -0.1) is 10.2 Å². The van der Waals surface area contributed by atoms with Gasteiger partial charge in [0.05, 0.1) is 0 Å². The molecule has 0 aliphatic rings. The molecule has 7 nitrogen and oxygen atoms in total. The summed E-state index contributed by atoms with van der Waals surface area (Å²) in [6, 6.07) is 0. The Balaban J connectivity index is 2.27. The van der Waals surface area contributed by atoms with E-state index in [2.05, 4.69) is 30.5 Å². The quantitative estimate of drug-likeness (QED) is 0.881. The Morgan fingerprint density at radius 2 is 2.17 bits per heavy atom. The van der Waals surface area contributed by atoms with Crippen LogP contribution in [0, 0.1) is 0 Å². The molecule has 0 aliphatic carbocycles. The van der Waals surface area contributed by atoms with E-state index in [0.29, 0.717) is 17.1 Å². The second kappa shape index (κ2) is 5.91. The van der Waals surface area contributed by atoms with Crippen molar-refractivity contribution in [3.63, 3.8) is 0 Å². The maximum absolute atomic E-state index is 4.36. The lowest BCUT2D eigenvalue weighted by molar-refractivity contribution is 0.862. The van der Waals surface area contributed by atoms with E-state index in [1.165, 1.54) is 23.1 Å². The number of hydrogen-bond acceptors (Lipinski definition) is 9. The van der Waals surface area contributed by atoms with Crippen molar-refractivity contribution >= 4 is 35.0 Å². The minimum Gasteiger partial charge on any atom is -0.354 e. The Labute approximate surface area is 113 Å². The lowest BCUT2D eigenvalue weighted by Gasteiger charge is -2.12. The lowest BCUT2D eigenvalue weighted by Crippen LogP contribution is -2.15. The molecule has 0 atom stereocenters. The molecule has 2 heterocycles. The van der Waals surface area contributed by atoms with E-state index in [1.54, 1.807) is 5.51 Å². The Morgan fingerprint density at radius 3 is 2.78 bits per heavy atom. The van der Waals surface area contributed by atoms with Crippen LogP contribution in [-0.4, -0.2) is 45.8 Å². The van der Waals surface area contributed by atoms with Crippen LogP contribution in [0.5, 0.6) is 0 Å². The fourth-order valence-corrected chi connectivity index (χ4v) is 2.44. The van der Waals surface area contributed by atoms with Crippen molar-refractivity contribution in [1.82, 2.24) is 25.1 Å². The molecule has 0 amide bonds. The van der Waals surface area contributed by atoms with Gasteiger partial charge in [0.1, 0.15) is 5.51 Å². The zero-order chi connectivity index (χ0) is 13.0. The largest absolute Gasteiger partial charge is 0.354 e. The van der Waals surface area contributed by atoms with Gasteiger partial charge in [0.25, 0.3) is 0 Å². The number of nitrogens with zero attached hydrogens (tertiary/aromatic N) is 6. The average molecular weight is 283 g/mol. The molecule has 2 aromatic heterocycles. The molecule has 0 saturated carbocycles. The zero-order valence-corrected chi connectivity index (χ0v) is 11.9. The van der Waals surface area contributed by atoms with Crippen molar-refractivity contribution in [3.05, 3.63) is 5.51 Å². The molecule has 1 N–H and O–H groups in total. The lowest BCUT2D eigenvalue weighted by atomic mass is 10.7. The minimum atomic E-state index is 0.572. The third-order valence-electron chi connectivity index (χ3n) is 1.86. The third kappa shape index (κ3) is 3.26. The molecule has 2 aromatic rings. The highest BCUT2D eigenvalue weighted by Gasteiger charge is 2.10. The second-order valence-corrected chi connectivity index (χ2v) is 5.52. The van der Waals surface area contributed by atoms with Crippen molar-refractivity contribution in [2.24, 2.45) is 0 Å². The highest BCUT2D eigenvalue weighted by atomic mass is 32.2. The van der Waals surface area contributed by atoms with E-state index in [4.69, 9.17) is 0 Å². The zero-order valence-electron chi connectivity index (χ0n) is 10.3. The summed E-state index contributed by atoms with van der Waals surface area (Å²) >= 11 is 2.84. The van der Waals surface area contributed by atoms with E-state index < -0.39 is 0 Å². The molecule has 0 fully saturated rings. The Kier molecular flexibility index (Phi) is 4.26. The number of rotatable bonds is 5. The summed E-state index contributed by atoms with van der Waals surface area (Å²) in [6.45, 7) is 2.76. The molecule has 2 rings (SSSR count). The van der Waals surface area contributed by atoms with Gasteiger partial charge in [-0.25, -0.2) is 0 Å². The second-order valence-electron chi connectivity index (χ2n) is 3.47. The van der Waals surface area contributed by atoms with Crippen molar-refractivity contribution in [1.29, 1.82) is 0 Å². The van der Waals surface area contributed by atoms with Crippen molar-refractivity contribution < 1.29 is 0 Å². The first-order valence-corrected chi connectivity index (χ1v) is 7.00. The van der Waals surface area contributed by atoms with Gasteiger partial charge in [0.15, 0.2) is 4.34 Å². The first-order chi connectivity index (χ1) is 8.69. The first-order valence-electron chi connectivity index (χ1n) is 5.30. The molecule has 18 heavy (non-hydrogen) atoms. The van der Waals surface area contributed by atoms with E-state index in [0.717, 1.165) is 10.9 Å². The summed E-state index contributed by atoms with van der Waals surface area (Å²) in [6.07, 6.45) is 0. The number of anilines is 2. The summed E-state index contributed by atoms with van der Waals surface area (Å²) < 4.78 is 0.813. The van der Waals surface area contributed by atoms with Gasteiger partial charge < -0.3 is 10.2 Å². The van der Waals surface area contributed by atoms with Crippen LogP contribution in [0.2, 0.25) is 0 Å². The summed E-state index contributed by atoms with van der Waals surface area (Å²) in [5.74, 6) is 1.19. The Morgan fingerprint density at radius 1 is 1.33 bits per heavy atom. The van der Waals surface area contributed by atoms with Gasteiger partial charge in [-0.2, -0.15) is 15.0 Å².